The Kier molecular flexibility index (Phi) is 7.89. The SMILES string of the molecule is CC(C)(C)c1cc(C(C)(C)C)cc(C(O)(c2ccc(C(C)(C)C)cc2C(C)(C)C)c2ccsc2-c2cccs2)c1. The average Bonchev–Trinajstić information content (AvgIpc) is 3.53. The first-order chi connectivity index (χ1) is 18.2. The number of hydrogen-bond donors (Lipinski definition) is 1. The normalized spacial score (nSPS) is 14.8. The van der Waals surface area contributed by atoms with Crippen LogP contribution in [0.2, 0.25) is 0 Å². The molecule has 1 N–H and O–H groups in total. The molecule has 0 spiro atoms. The predicted octanol–water partition coefficient (Wildman–Crippen LogP) is 11.0. The molecule has 1 nitrogen and oxygen atoms in total. The van der Waals surface area contributed by atoms with E-state index in [4.69, 9.17) is 0 Å². The molecule has 0 fully saturated rings. The molecule has 4 rings (SSSR count). The highest BCUT2D eigenvalue weighted by Crippen LogP contribution is 2.49. The van der Waals surface area contributed by atoms with Crippen LogP contribution in [0.5, 0.6) is 0 Å². The fourth-order valence-corrected chi connectivity index (χ4v) is 7.13. The molecule has 0 radical (unpaired) electrons. The molecular formula is C37H48OS2. The zero-order valence-electron chi connectivity index (χ0n) is 26.6. The topological polar surface area (TPSA) is 20.2 Å². The largest absolute Gasteiger partial charge is 0.376 e. The minimum absolute atomic E-state index is 0.00666. The molecule has 2 aromatic carbocycles. The summed E-state index contributed by atoms with van der Waals surface area (Å²) in [6.45, 7) is 27.1. The average molecular weight is 573 g/mol. The summed E-state index contributed by atoms with van der Waals surface area (Å²) in [5, 5.41) is 17.8. The second-order valence-corrected chi connectivity index (χ2v) is 17.3. The second-order valence-electron chi connectivity index (χ2n) is 15.4. The number of thiophene rings is 2. The molecule has 40 heavy (non-hydrogen) atoms. The van der Waals surface area contributed by atoms with Gasteiger partial charge in [0, 0.05) is 10.4 Å². The van der Waals surface area contributed by atoms with E-state index in [1.165, 1.54) is 27.1 Å². The van der Waals surface area contributed by atoms with Crippen molar-refractivity contribution < 1.29 is 5.11 Å². The zero-order valence-corrected chi connectivity index (χ0v) is 28.2. The summed E-state index contributed by atoms with van der Waals surface area (Å²) in [6.07, 6.45) is 0. The molecule has 3 heteroatoms. The van der Waals surface area contributed by atoms with Crippen molar-refractivity contribution in [1.82, 2.24) is 0 Å². The number of rotatable bonds is 4. The van der Waals surface area contributed by atoms with Gasteiger partial charge in [0.05, 0.1) is 4.88 Å². The van der Waals surface area contributed by atoms with Crippen LogP contribution in [0.4, 0.5) is 0 Å². The molecule has 0 saturated carbocycles. The molecule has 1 unspecified atom stereocenters. The summed E-state index contributed by atoms with van der Waals surface area (Å²) < 4.78 is 0. The lowest BCUT2D eigenvalue weighted by molar-refractivity contribution is 0.124. The Morgan fingerprint density at radius 2 is 1.02 bits per heavy atom. The van der Waals surface area contributed by atoms with Gasteiger partial charge in [-0.15, -0.1) is 22.7 Å². The summed E-state index contributed by atoms with van der Waals surface area (Å²) in [5.74, 6) is 0. The second kappa shape index (κ2) is 10.3. The zero-order chi connectivity index (χ0) is 29.9. The van der Waals surface area contributed by atoms with Crippen molar-refractivity contribution in [2.24, 2.45) is 0 Å². The van der Waals surface area contributed by atoms with E-state index in [1.807, 2.05) is 0 Å². The molecule has 0 aliphatic rings. The maximum absolute atomic E-state index is 13.5. The van der Waals surface area contributed by atoms with Gasteiger partial charge >= 0.3 is 0 Å². The van der Waals surface area contributed by atoms with E-state index >= 15 is 0 Å². The van der Waals surface area contributed by atoms with Crippen molar-refractivity contribution in [3.05, 3.63) is 104 Å². The Hall–Kier alpha value is -2.20. The van der Waals surface area contributed by atoms with Crippen LogP contribution in [-0.2, 0) is 27.3 Å². The number of hydrogen-bond acceptors (Lipinski definition) is 3. The molecule has 214 valence electrons. The lowest BCUT2D eigenvalue weighted by Crippen LogP contribution is -2.34. The summed E-state index contributed by atoms with van der Waals surface area (Å²) in [7, 11) is 0. The molecule has 2 aromatic heterocycles. The van der Waals surface area contributed by atoms with E-state index in [0.29, 0.717) is 0 Å². The maximum Gasteiger partial charge on any atom is 0.142 e. The standard InChI is InChI=1S/C37H48OS2/c1-33(2,3)24-15-16-28(30(23-24)36(10,11)12)37(38,29-17-19-40-32(29)31-14-13-18-39-31)27-21-25(34(4,5)6)20-26(22-27)35(7,8)9/h13-23,38H,1-12H3. The van der Waals surface area contributed by atoms with Gasteiger partial charge in [-0.25, -0.2) is 0 Å². The van der Waals surface area contributed by atoms with Crippen LogP contribution in [0, 0.1) is 0 Å². The van der Waals surface area contributed by atoms with Gasteiger partial charge in [0.25, 0.3) is 0 Å². The summed E-state index contributed by atoms with van der Waals surface area (Å²) in [6, 6.07) is 20.0. The van der Waals surface area contributed by atoms with Crippen LogP contribution in [-0.4, -0.2) is 5.11 Å². The minimum Gasteiger partial charge on any atom is -0.376 e. The van der Waals surface area contributed by atoms with Crippen LogP contribution >= 0.6 is 22.7 Å². The van der Waals surface area contributed by atoms with E-state index in [0.717, 1.165) is 21.6 Å². The van der Waals surface area contributed by atoms with Crippen molar-refractivity contribution in [2.45, 2.75) is 110 Å². The lowest BCUT2D eigenvalue weighted by Gasteiger charge is -2.38. The molecule has 0 bridgehead atoms. The van der Waals surface area contributed by atoms with Crippen LogP contribution < -0.4 is 0 Å². The molecular weight excluding hydrogens is 525 g/mol. The molecule has 1 atom stereocenters. The summed E-state index contributed by atoms with van der Waals surface area (Å²) >= 11 is 3.45. The summed E-state index contributed by atoms with van der Waals surface area (Å²) in [4.78, 5) is 2.32. The summed E-state index contributed by atoms with van der Waals surface area (Å²) in [5.41, 5.74) is 6.19. The molecule has 0 amide bonds. The van der Waals surface area contributed by atoms with Gasteiger partial charge in [0.15, 0.2) is 0 Å². The molecule has 4 aromatic rings. The number of aliphatic hydroxyl groups is 1. The quantitative estimate of drug-likeness (QED) is 0.258. The van der Waals surface area contributed by atoms with E-state index in [9.17, 15) is 5.11 Å². The van der Waals surface area contributed by atoms with Gasteiger partial charge in [-0.1, -0.05) is 126 Å². The van der Waals surface area contributed by atoms with E-state index in [-0.39, 0.29) is 21.7 Å². The van der Waals surface area contributed by atoms with Crippen LogP contribution in [0.1, 0.15) is 122 Å². The monoisotopic (exact) mass is 572 g/mol. The van der Waals surface area contributed by atoms with E-state index < -0.39 is 5.60 Å². The van der Waals surface area contributed by atoms with Gasteiger partial charge in [0.1, 0.15) is 5.60 Å². The lowest BCUT2D eigenvalue weighted by atomic mass is 9.69. The van der Waals surface area contributed by atoms with Crippen molar-refractivity contribution >= 4 is 22.7 Å². The van der Waals surface area contributed by atoms with Gasteiger partial charge in [0.2, 0.25) is 0 Å². The molecule has 0 aliphatic heterocycles. The van der Waals surface area contributed by atoms with Crippen molar-refractivity contribution in [3.63, 3.8) is 0 Å². The fraction of sp³-hybridized carbons (Fsp3) is 0.459. The highest BCUT2D eigenvalue weighted by Gasteiger charge is 2.42. The molecule has 0 saturated heterocycles. The predicted molar refractivity (Wildman–Crippen MR) is 177 cm³/mol. The molecule has 0 aliphatic carbocycles. The Labute approximate surface area is 251 Å². The Morgan fingerprint density at radius 3 is 1.50 bits per heavy atom. The Balaban J connectivity index is 2.18. The van der Waals surface area contributed by atoms with Crippen LogP contribution in [0.3, 0.4) is 0 Å². The highest BCUT2D eigenvalue weighted by molar-refractivity contribution is 7.20. The van der Waals surface area contributed by atoms with Crippen LogP contribution in [0.25, 0.3) is 9.75 Å². The van der Waals surface area contributed by atoms with Crippen molar-refractivity contribution in [3.8, 4) is 9.75 Å². The van der Waals surface area contributed by atoms with Gasteiger partial charge < -0.3 is 5.11 Å². The maximum atomic E-state index is 13.5. The van der Waals surface area contributed by atoms with Crippen LogP contribution in [0.15, 0.2) is 65.4 Å². The van der Waals surface area contributed by atoms with E-state index in [1.54, 1.807) is 22.7 Å². The van der Waals surface area contributed by atoms with Gasteiger partial charge in [-0.3, -0.25) is 0 Å². The highest BCUT2D eigenvalue weighted by atomic mass is 32.1. The first kappa shape index (κ1) is 30.8. The van der Waals surface area contributed by atoms with Crippen molar-refractivity contribution in [1.29, 1.82) is 0 Å². The van der Waals surface area contributed by atoms with Gasteiger partial charge in [-0.05, 0) is 77.9 Å². The van der Waals surface area contributed by atoms with Gasteiger partial charge in [-0.2, -0.15) is 0 Å². The Bertz CT molecular complexity index is 1440. The third-order valence-corrected chi connectivity index (χ3v) is 9.93. The first-order valence-corrected chi connectivity index (χ1v) is 16.2. The minimum atomic E-state index is -1.33. The van der Waals surface area contributed by atoms with E-state index in [2.05, 4.69) is 148 Å². The molecule has 2 heterocycles. The first-order valence-electron chi connectivity index (χ1n) is 14.4. The Morgan fingerprint density at radius 1 is 0.475 bits per heavy atom. The third kappa shape index (κ3) is 5.89. The third-order valence-electron chi connectivity index (χ3n) is 7.97. The fourth-order valence-electron chi connectivity index (χ4n) is 5.30. The smallest absolute Gasteiger partial charge is 0.142 e. The van der Waals surface area contributed by atoms with Crippen molar-refractivity contribution in [2.75, 3.05) is 0 Å². The number of benzene rings is 2.